The highest BCUT2D eigenvalue weighted by Crippen LogP contribution is 2.53. The minimum Gasteiger partial charge on any atom is -0.496 e. The minimum atomic E-state index is -2.55. The van der Waals surface area contributed by atoms with E-state index in [-0.39, 0.29) is 0 Å². The number of rotatable bonds is 7. The number of hydrogen-bond acceptors (Lipinski definition) is 4. The van der Waals surface area contributed by atoms with Crippen LogP contribution in [-0.4, -0.2) is 12.1 Å². The Kier molecular flexibility index (Phi) is 7.41. The van der Waals surface area contributed by atoms with Gasteiger partial charge in [-0.05, 0) is 37.1 Å². The van der Waals surface area contributed by atoms with Crippen molar-refractivity contribution in [3.63, 3.8) is 0 Å². The first-order chi connectivity index (χ1) is 20.1. The first-order valence-electron chi connectivity index (χ1n) is 13.7. The normalized spacial score (nSPS) is 11.3. The zero-order valence-electron chi connectivity index (χ0n) is 23.5. The van der Waals surface area contributed by atoms with Crippen LogP contribution >= 0.6 is 7.05 Å². The monoisotopic (exact) mass is 553 g/mol. The minimum absolute atomic E-state index is 0.754. The summed E-state index contributed by atoms with van der Waals surface area (Å²) in [6.45, 7) is 4.25. The molecule has 0 radical (unpaired) electrons. The predicted molar refractivity (Wildman–Crippen MR) is 175 cm³/mol. The van der Waals surface area contributed by atoms with Gasteiger partial charge in [0.1, 0.15) is 17.0 Å². The molecule has 1 heterocycles. The maximum atomic E-state index is 5.89. The fourth-order valence-electron chi connectivity index (χ4n) is 5.41. The molecular formula is C36H32N3OP. The molecule has 0 spiro atoms. The molecule has 202 valence electrons. The zero-order valence-corrected chi connectivity index (χ0v) is 24.3. The second kappa shape index (κ2) is 11.4. The van der Waals surface area contributed by atoms with Crippen molar-refractivity contribution in [3.8, 4) is 5.75 Å². The van der Waals surface area contributed by atoms with Crippen LogP contribution in [-0.2, 0) is 0 Å². The van der Waals surface area contributed by atoms with Gasteiger partial charge in [0.2, 0.25) is 0 Å². The van der Waals surface area contributed by atoms with Gasteiger partial charge in [0.25, 0.3) is 0 Å². The lowest BCUT2D eigenvalue weighted by molar-refractivity contribution is 0.420. The molecule has 0 atom stereocenters. The number of nitrogens with zero attached hydrogens (tertiary/aromatic N) is 2. The Morgan fingerprint density at radius 2 is 1.20 bits per heavy atom. The molecule has 0 fully saturated rings. The van der Waals surface area contributed by atoms with Gasteiger partial charge < -0.3 is 10.1 Å². The van der Waals surface area contributed by atoms with E-state index in [2.05, 4.69) is 140 Å². The third-order valence-corrected chi connectivity index (χ3v) is 11.1. The number of hydrogen-bond donors (Lipinski definition) is 1. The van der Waals surface area contributed by atoms with Gasteiger partial charge in [-0.25, -0.2) is 4.74 Å². The molecule has 0 saturated heterocycles. The van der Waals surface area contributed by atoms with Gasteiger partial charge in [-0.15, -0.1) is 0 Å². The topological polar surface area (TPSA) is 46.5 Å². The second-order valence-electron chi connectivity index (χ2n) is 10.0. The van der Waals surface area contributed by atoms with E-state index in [1.165, 1.54) is 15.9 Å². The number of aryl methyl sites for hydroxylation is 2. The third kappa shape index (κ3) is 4.92. The molecular weight excluding hydrogens is 521 g/mol. The van der Waals surface area contributed by atoms with Crippen LogP contribution in [0.15, 0.2) is 138 Å². The molecule has 1 aromatic heterocycles. The first kappa shape index (κ1) is 26.6. The molecule has 0 saturated carbocycles. The summed E-state index contributed by atoms with van der Waals surface area (Å²) in [6.07, 6.45) is 1.83. The highest BCUT2D eigenvalue weighted by molar-refractivity contribution is 7.87. The Morgan fingerprint density at radius 3 is 1.71 bits per heavy atom. The summed E-state index contributed by atoms with van der Waals surface area (Å²) in [4.78, 5) is 4.91. The molecule has 41 heavy (non-hydrogen) atoms. The quantitative estimate of drug-likeness (QED) is 0.202. The highest BCUT2D eigenvalue weighted by atomic mass is 31.2. The van der Waals surface area contributed by atoms with Crippen LogP contribution in [0.1, 0.15) is 11.1 Å². The fourth-order valence-corrected chi connectivity index (χ4v) is 8.97. The number of nitrogens with one attached hydrogen (secondary N) is 1. The average Bonchev–Trinajstić information content (AvgIpc) is 3.03. The summed E-state index contributed by atoms with van der Waals surface area (Å²) < 4.78 is 11.8. The zero-order chi connectivity index (χ0) is 28.2. The van der Waals surface area contributed by atoms with Gasteiger partial charge in [-0.3, -0.25) is 4.98 Å². The van der Waals surface area contributed by atoms with Gasteiger partial charge in [0, 0.05) is 39.3 Å². The molecule has 0 aliphatic heterocycles. The molecule has 5 aromatic carbocycles. The lowest BCUT2D eigenvalue weighted by atomic mass is 10.1. The highest BCUT2D eigenvalue weighted by Gasteiger charge is 2.29. The maximum absolute atomic E-state index is 5.89. The van der Waals surface area contributed by atoms with Crippen molar-refractivity contribution in [2.24, 2.45) is 4.74 Å². The Balaban J connectivity index is 1.79. The van der Waals surface area contributed by atoms with E-state index >= 15 is 0 Å². The van der Waals surface area contributed by atoms with Gasteiger partial charge >= 0.3 is 0 Å². The number of anilines is 2. The van der Waals surface area contributed by atoms with Crippen LogP contribution in [0.25, 0.3) is 10.9 Å². The van der Waals surface area contributed by atoms with E-state index < -0.39 is 7.05 Å². The smallest absolute Gasteiger partial charge is 0.130 e. The molecule has 1 N–H and O–H groups in total. The Bertz CT molecular complexity index is 1750. The van der Waals surface area contributed by atoms with Crippen LogP contribution in [0.4, 0.5) is 17.1 Å². The summed E-state index contributed by atoms with van der Waals surface area (Å²) in [5, 5.41) is 8.21. The summed E-state index contributed by atoms with van der Waals surface area (Å²) in [5.41, 5.74) is 5.85. The van der Waals surface area contributed by atoms with Crippen LogP contribution in [0.3, 0.4) is 0 Å². The lowest BCUT2D eigenvalue weighted by Crippen LogP contribution is -2.25. The number of aromatic nitrogens is 1. The predicted octanol–water partition coefficient (Wildman–Crippen LogP) is 8.41. The number of para-hydroxylation sites is 1. The van der Waals surface area contributed by atoms with Crippen LogP contribution in [0.2, 0.25) is 0 Å². The average molecular weight is 554 g/mol. The first-order valence-corrected chi connectivity index (χ1v) is 15.4. The van der Waals surface area contributed by atoms with Crippen molar-refractivity contribution < 1.29 is 4.74 Å². The van der Waals surface area contributed by atoms with Crippen molar-refractivity contribution in [1.29, 1.82) is 0 Å². The molecule has 5 heteroatoms. The number of pyridine rings is 1. The third-order valence-electron chi connectivity index (χ3n) is 7.43. The molecule has 6 rings (SSSR count). The number of fused-ring (bicyclic) bond motifs is 1. The van der Waals surface area contributed by atoms with Crippen molar-refractivity contribution in [1.82, 2.24) is 4.98 Å². The van der Waals surface area contributed by atoms with Crippen LogP contribution in [0.5, 0.6) is 5.75 Å². The number of methoxy groups -OCH3 is 1. The van der Waals surface area contributed by atoms with Crippen LogP contribution in [0, 0.1) is 13.8 Å². The lowest BCUT2D eigenvalue weighted by Gasteiger charge is -2.28. The number of benzene rings is 5. The molecule has 0 amide bonds. The summed E-state index contributed by atoms with van der Waals surface area (Å²) in [6, 6.07) is 44.4. The van der Waals surface area contributed by atoms with Crippen molar-refractivity contribution in [2.75, 3.05) is 12.4 Å². The summed E-state index contributed by atoms with van der Waals surface area (Å²) >= 11 is 0. The Hall–Kier alpha value is -4.66. The maximum Gasteiger partial charge on any atom is 0.130 e. The Morgan fingerprint density at radius 1 is 0.659 bits per heavy atom. The van der Waals surface area contributed by atoms with Crippen molar-refractivity contribution in [3.05, 3.63) is 145 Å². The van der Waals surface area contributed by atoms with Gasteiger partial charge in [0.15, 0.2) is 0 Å². The molecule has 0 aliphatic carbocycles. The summed E-state index contributed by atoms with van der Waals surface area (Å²) in [7, 11) is -0.849. The standard InChI is InChI=1S/C36H32N3OP/c1-26-15-13-16-27(2)34(26)38-32-25-33(40-3)31-23-14-24-37-35(31)36(32)39-41(28-17-7-4-8-18-28,29-19-9-5-10-20-29)30-21-11-6-12-22-30/h4-25,38H,1-3H3. The van der Waals surface area contributed by atoms with E-state index in [9.17, 15) is 0 Å². The molecule has 4 nitrogen and oxygen atoms in total. The fraction of sp³-hybridized carbons (Fsp3) is 0.0833. The molecule has 0 aliphatic rings. The largest absolute Gasteiger partial charge is 0.496 e. The molecule has 6 aromatic rings. The van der Waals surface area contributed by atoms with Crippen LogP contribution < -0.4 is 26.0 Å². The second-order valence-corrected chi connectivity index (χ2v) is 13.0. The van der Waals surface area contributed by atoms with Gasteiger partial charge in [-0.1, -0.05) is 109 Å². The summed E-state index contributed by atoms with van der Waals surface area (Å²) in [5.74, 6) is 0.754. The van der Waals surface area contributed by atoms with Gasteiger partial charge in [0.05, 0.1) is 19.9 Å². The van der Waals surface area contributed by atoms with E-state index in [1.807, 2.05) is 12.3 Å². The Labute approximate surface area is 241 Å². The van der Waals surface area contributed by atoms with E-state index in [0.29, 0.717) is 0 Å². The number of ether oxygens (including phenoxy) is 1. The van der Waals surface area contributed by atoms with E-state index in [4.69, 9.17) is 14.5 Å². The van der Waals surface area contributed by atoms with E-state index in [0.717, 1.165) is 44.8 Å². The molecule has 0 unspecified atom stereocenters. The SMILES string of the molecule is COc1cc(Nc2c(C)cccc2C)c(N=P(c2ccccc2)(c2ccccc2)c2ccccc2)c2ncccc12. The van der Waals surface area contributed by atoms with Gasteiger partial charge in [-0.2, -0.15) is 0 Å². The van der Waals surface area contributed by atoms with Crippen molar-refractivity contribution >= 4 is 50.9 Å². The van der Waals surface area contributed by atoms with Crippen molar-refractivity contribution in [2.45, 2.75) is 13.8 Å². The molecule has 0 bridgehead atoms. The van der Waals surface area contributed by atoms with E-state index in [1.54, 1.807) is 7.11 Å².